The molecule has 0 amide bonds. The molecule has 0 aromatic carbocycles. The molecule has 0 spiro atoms. The molecule has 1 rings (SSSR count). The van der Waals surface area contributed by atoms with Gasteiger partial charge in [-0.2, -0.15) is 0 Å². The van der Waals surface area contributed by atoms with E-state index in [2.05, 4.69) is 0 Å². The van der Waals surface area contributed by atoms with Gasteiger partial charge in [0.05, 0.1) is 5.25 Å². The van der Waals surface area contributed by atoms with Crippen molar-refractivity contribution in [2.45, 2.75) is 57.5 Å². The molecule has 132 valence electrons. The SMILES string of the molecule is CCS[C@@H]1[C@@H](OC(C)=O)[C@H]([C@@H](COC(C)=O)OC(C)=O)O[C@@H]1O. The van der Waals surface area contributed by atoms with Crippen LogP contribution in [-0.2, 0) is 33.3 Å². The number of aliphatic hydroxyl groups excluding tert-OH is 1. The molecule has 5 atom stereocenters. The van der Waals surface area contributed by atoms with E-state index < -0.39 is 47.8 Å². The molecule has 1 aliphatic rings. The zero-order valence-corrected chi connectivity index (χ0v) is 14.3. The molecule has 0 bridgehead atoms. The van der Waals surface area contributed by atoms with Gasteiger partial charge in [-0.05, 0) is 5.75 Å². The lowest BCUT2D eigenvalue weighted by molar-refractivity contribution is -0.182. The monoisotopic (exact) mass is 350 g/mol. The molecule has 0 aromatic heterocycles. The van der Waals surface area contributed by atoms with Crippen molar-refractivity contribution in [1.29, 1.82) is 0 Å². The van der Waals surface area contributed by atoms with E-state index in [9.17, 15) is 19.5 Å². The number of rotatable bonds is 7. The van der Waals surface area contributed by atoms with Crippen molar-refractivity contribution in [1.82, 2.24) is 0 Å². The molecule has 1 heterocycles. The van der Waals surface area contributed by atoms with E-state index in [1.807, 2.05) is 6.92 Å². The summed E-state index contributed by atoms with van der Waals surface area (Å²) in [6.07, 6.45) is -3.93. The molecule has 0 saturated carbocycles. The van der Waals surface area contributed by atoms with Crippen molar-refractivity contribution < 1.29 is 38.4 Å². The molecule has 23 heavy (non-hydrogen) atoms. The summed E-state index contributed by atoms with van der Waals surface area (Å²) in [4.78, 5) is 33.6. The molecule has 1 saturated heterocycles. The van der Waals surface area contributed by atoms with Gasteiger partial charge in [0.15, 0.2) is 12.4 Å². The van der Waals surface area contributed by atoms with Gasteiger partial charge < -0.3 is 24.1 Å². The highest BCUT2D eigenvalue weighted by molar-refractivity contribution is 8.00. The summed E-state index contributed by atoms with van der Waals surface area (Å²) >= 11 is 1.36. The van der Waals surface area contributed by atoms with Crippen molar-refractivity contribution in [2.75, 3.05) is 12.4 Å². The van der Waals surface area contributed by atoms with Gasteiger partial charge in [0.2, 0.25) is 0 Å². The van der Waals surface area contributed by atoms with Crippen LogP contribution in [0.15, 0.2) is 0 Å². The summed E-state index contributed by atoms with van der Waals surface area (Å²) in [5.74, 6) is -1.04. The zero-order valence-electron chi connectivity index (χ0n) is 13.5. The predicted molar refractivity (Wildman–Crippen MR) is 80.5 cm³/mol. The standard InChI is InChI=1S/C14H22O8S/c1-5-23-13-12(21-9(4)17)11(22-14(13)18)10(20-8(3)16)6-19-7(2)15/h10-14,18H,5-6H2,1-4H3/t10-,11+,12+,13-,14+/m1/s1. The van der Waals surface area contributed by atoms with Gasteiger partial charge in [-0.3, -0.25) is 14.4 Å². The van der Waals surface area contributed by atoms with Gasteiger partial charge in [0.1, 0.15) is 18.8 Å². The molecule has 0 unspecified atom stereocenters. The minimum atomic E-state index is -1.19. The molecule has 1 fully saturated rings. The second kappa shape index (κ2) is 9.09. The number of ether oxygens (including phenoxy) is 4. The Morgan fingerprint density at radius 1 is 1.17 bits per heavy atom. The van der Waals surface area contributed by atoms with Gasteiger partial charge in [0, 0.05) is 20.8 Å². The highest BCUT2D eigenvalue weighted by atomic mass is 32.2. The summed E-state index contributed by atoms with van der Waals surface area (Å²) in [5.41, 5.74) is 0. The highest BCUT2D eigenvalue weighted by Crippen LogP contribution is 2.34. The summed E-state index contributed by atoms with van der Waals surface area (Å²) in [6.45, 7) is 5.29. The van der Waals surface area contributed by atoms with Crippen LogP contribution in [0, 0.1) is 0 Å². The zero-order chi connectivity index (χ0) is 17.6. The van der Waals surface area contributed by atoms with Crippen molar-refractivity contribution in [2.24, 2.45) is 0 Å². The van der Waals surface area contributed by atoms with Gasteiger partial charge >= 0.3 is 17.9 Å². The first-order valence-electron chi connectivity index (χ1n) is 7.19. The van der Waals surface area contributed by atoms with E-state index in [1.54, 1.807) is 0 Å². The number of hydrogen-bond acceptors (Lipinski definition) is 9. The Morgan fingerprint density at radius 3 is 2.30 bits per heavy atom. The van der Waals surface area contributed by atoms with Crippen LogP contribution in [0.2, 0.25) is 0 Å². The fraction of sp³-hybridized carbons (Fsp3) is 0.786. The van der Waals surface area contributed by atoms with Gasteiger partial charge in [-0.1, -0.05) is 6.92 Å². The summed E-state index contributed by atoms with van der Waals surface area (Å²) in [6, 6.07) is 0. The van der Waals surface area contributed by atoms with Crippen molar-refractivity contribution in [3.8, 4) is 0 Å². The Hall–Kier alpha value is -1.32. The van der Waals surface area contributed by atoms with Crippen LogP contribution >= 0.6 is 11.8 Å². The van der Waals surface area contributed by atoms with E-state index in [-0.39, 0.29) is 6.61 Å². The number of carbonyl (C=O) groups is 3. The Balaban J connectivity index is 2.96. The van der Waals surface area contributed by atoms with E-state index in [0.717, 1.165) is 0 Å². The molecule has 1 N–H and O–H groups in total. The Labute approximate surface area is 138 Å². The second-order valence-electron chi connectivity index (χ2n) is 4.94. The minimum absolute atomic E-state index is 0.256. The molecule has 9 heteroatoms. The summed E-state index contributed by atoms with van der Waals surface area (Å²) < 4.78 is 20.7. The fourth-order valence-corrected chi connectivity index (χ4v) is 3.28. The van der Waals surface area contributed by atoms with Gasteiger partial charge in [0.25, 0.3) is 0 Å². The van der Waals surface area contributed by atoms with Crippen LogP contribution < -0.4 is 0 Å². The van der Waals surface area contributed by atoms with Crippen LogP contribution in [0.25, 0.3) is 0 Å². The van der Waals surface area contributed by atoms with Crippen molar-refractivity contribution in [3.63, 3.8) is 0 Å². The van der Waals surface area contributed by atoms with Crippen LogP contribution in [0.4, 0.5) is 0 Å². The van der Waals surface area contributed by atoms with Crippen LogP contribution in [0.1, 0.15) is 27.7 Å². The lowest BCUT2D eigenvalue weighted by Crippen LogP contribution is -2.45. The first kappa shape index (κ1) is 19.7. The molecule has 1 aliphatic heterocycles. The third-order valence-electron chi connectivity index (χ3n) is 3.02. The maximum absolute atomic E-state index is 11.4. The van der Waals surface area contributed by atoms with Crippen molar-refractivity contribution in [3.05, 3.63) is 0 Å². The van der Waals surface area contributed by atoms with E-state index >= 15 is 0 Å². The van der Waals surface area contributed by atoms with E-state index in [4.69, 9.17) is 18.9 Å². The van der Waals surface area contributed by atoms with E-state index in [0.29, 0.717) is 5.75 Å². The third-order valence-corrected chi connectivity index (χ3v) is 4.24. The lowest BCUT2D eigenvalue weighted by Gasteiger charge is -2.27. The maximum atomic E-state index is 11.4. The predicted octanol–water partition coefficient (Wildman–Crippen LogP) is 0.252. The number of carbonyl (C=O) groups excluding carboxylic acids is 3. The minimum Gasteiger partial charge on any atom is -0.462 e. The number of hydrogen-bond donors (Lipinski definition) is 1. The number of esters is 3. The van der Waals surface area contributed by atoms with Crippen LogP contribution in [0.5, 0.6) is 0 Å². The first-order valence-corrected chi connectivity index (χ1v) is 8.24. The number of aliphatic hydroxyl groups is 1. The van der Waals surface area contributed by atoms with Crippen LogP contribution in [-0.4, -0.2) is 65.2 Å². The second-order valence-corrected chi connectivity index (χ2v) is 6.39. The molecular formula is C14H22O8S. The summed E-state index contributed by atoms with van der Waals surface area (Å²) in [5, 5.41) is 9.53. The average Bonchev–Trinajstić information content (AvgIpc) is 2.71. The van der Waals surface area contributed by atoms with Gasteiger partial charge in [-0.25, -0.2) is 0 Å². The normalized spacial score (nSPS) is 28.0. The summed E-state index contributed by atoms with van der Waals surface area (Å²) in [7, 11) is 0. The van der Waals surface area contributed by atoms with E-state index in [1.165, 1.54) is 32.5 Å². The van der Waals surface area contributed by atoms with Gasteiger partial charge in [-0.15, -0.1) is 11.8 Å². The number of thioether (sulfide) groups is 1. The highest BCUT2D eigenvalue weighted by Gasteiger charge is 2.50. The third kappa shape index (κ3) is 6.00. The molecule has 8 nitrogen and oxygen atoms in total. The largest absolute Gasteiger partial charge is 0.462 e. The Kier molecular flexibility index (Phi) is 7.80. The topological polar surface area (TPSA) is 108 Å². The Morgan fingerprint density at radius 2 is 1.83 bits per heavy atom. The van der Waals surface area contributed by atoms with Crippen molar-refractivity contribution >= 4 is 29.7 Å². The molecule has 0 aromatic rings. The smallest absolute Gasteiger partial charge is 0.303 e. The average molecular weight is 350 g/mol. The quantitative estimate of drug-likeness (QED) is 0.510. The first-order chi connectivity index (χ1) is 10.8. The molecule has 0 radical (unpaired) electrons. The maximum Gasteiger partial charge on any atom is 0.303 e. The lowest BCUT2D eigenvalue weighted by atomic mass is 10.1. The fourth-order valence-electron chi connectivity index (χ4n) is 2.27. The molecular weight excluding hydrogens is 328 g/mol. The van der Waals surface area contributed by atoms with Crippen LogP contribution in [0.3, 0.4) is 0 Å². The Bertz CT molecular complexity index is 440. The molecule has 0 aliphatic carbocycles.